The Hall–Kier alpha value is -1.44. The Kier molecular flexibility index (Phi) is 5.93. The van der Waals surface area contributed by atoms with Crippen LogP contribution in [0.25, 0.3) is 0 Å². The summed E-state index contributed by atoms with van der Waals surface area (Å²) in [6.45, 7) is 0.939. The number of hydrogen-bond donors (Lipinski definition) is 1. The highest BCUT2D eigenvalue weighted by Gasteiger charge is 2.38. The third-order valence-electron chi connectivity index (χ3n) is 3.72. The van der Waals surface area contributed by atoms with Crippen LogP contribution in [0.1, 0.15) is 18.4 Å². The monoisotopic (exact) mass is 326 g/mol. The van der Waals surface area contributed by atoms with Crippen LogP contribution >= 0.6 is 0 Å². The molecule has 0 unspecified atom stereocenters. The Balaban J connectivity index is 1.96. The zero-order chi connectivity index (χ0) is 16.0. The quantitative estimate of drug-likeness (QED) is 0.802. The van der Waals surface area contributed by atoms with Crippen LogP contribution < -0.4 is 5.32 Å². The highest BCUT2D eigenvalue weighted by molar-refractivity contribution is 7.89. The number of carbonyl (C=O) groups excluding carboxylic acids is 1. The SMILES string of the molecule is COCCS(=O)(=O)N1CCC[C@@H]1C(=O)NCc1ccccc1. The first kappa shape index (κ1) is 16.9. The molecule has 2 rings (SSSR count). The summed E-state index contributed by atoms with van der Waals surface area (Å²) in [4.78, 5) is 12.3. The summed E-state index contributed by atoms with van der Waals surface area (Å²) < 4.78 is 30.6. The average Bonchev–Trinajstić information content (AvgIpc) is 3.02. The van der Waals surface area contributed by atoms with E-state index in [1.807, 2.05) is 30.3 Å². The largest absolute Gasteiger partial charge is 0.384 e. The first-order chi connectivity index (χ1) is 10.5. The predicted octanol–water partition coefficient (Wildman–Crippen LogP) is 0.743. The van der Waals surface area contributed by atoms with Crippen molar-refractivity contribution in [2.75, 3.05) is 26.0 Å². The number of nitrogens with one attached hydrogen (secondary N) is 1. The zero-order valence-electron chi connectivity index (χ0n) is 12.7. The van der Waals surface area contributed by atoms with Gasteiger partial charge in [0.25, 0.3) is 0 Å². The molecule has 1 atom stereocenters. The number of nitrogens with zero attached hydrogens (tertiary/aromatic N) is 1. The van der Waals surface area contributed by atoms with Crippen LogP contribution in [0.15, 0.2) is 30.3 Å². The van der Waals surface area contributed by atoms with Crippen molar-refractivity contribution in [2.45, 2.75) is 25.4 Å². The van der Waals surface area contributed by atoms with Crippen LogP contribution in [0.4, 0.5) is 0 Å². The van der Waals surface area contributed by atoms with Gasteiger partial charge in [0, 0.05) is 20.2 Å². The maximum absolute atomic E-state index is 12.3. The Morgan fingerprint density at radius 3 is 2.77 bits per heavy atom. The zero-order valence-corrected chi connectivity index (χ0v) is 13.5. The van der Waals surface area contributed by atoms with Crippen LogP contribution in [-0.4, -0.2) is 50.7 Å². The van der Waals surface area contributed by atoms with Gasteiger partial charge in [0.1, 0.15) is 6.04 Å². The number of ether oxygens (including phenoxy) is 1. The fourth-order valence-electron chi connectivity index (χ4n) is 2.54. The summed E-state index contributed by atoms with van der Waals surface area (Å²) in [6.07, 6.45) is 1.27. The van der Waals surface area contributed by atoms with Crippen LogP contribution in [0.5, 0.6) is 0 Å². The molecule has 1 aromatic rings. The van der Waals surface area contributed by atoms with E-state index in [1.54, 1.807) is 0 Å². The lowest BCUT2D eigenvalue weighted by atomic mass is 10.2. The minimum Gasteiger partial charge on any atom is -0.384 e. The highest BCUT2D eigenvalue weighted by atomic mass is 32.2. The molecule has 1 N–H and O–H groups in total. The molecule has 1 aliphatic heterocycles. The predicted molar refractivity (Wildman–Crippen MR) is 83.7 cm³/mol. The third kappa shape index (κ3) is 4.28. The topological polar surface area (TPSA) is 75.7 Å². The maximum atomic E-state index is 12.3. The first-order valence-corrected chi connectivity index (χ1v) is 8.95. The van der Waals surface area contributed by atoms with Gasteiger partial charge in [-0.05, 0) is 18.4 Å². The molecule has 0 saturated carbocycles. The second kappa shape index (κ2) is 7.71. The Bertz CT molecular complexity index is 589. The molecule has 1 aliphatic rings. The van der Waals surface area contributed by atoms with Gasteiger partial charge in [-0.2, -0.15) is 4.31 Å². The molecule has 1 fully saturated rings. The second-order valence-electron chi connectivity index (χ2n) is 5.28. The lowest BCUT2D eigenvalue weighted by Gasteiger charge is -2.23. The van der Waals surface area contributed by atoms with Gasteiger partial charge in [-0.3, -0.25) is 4.79 Å². The van der Waals surface area contributed by atoms with E-state index in [4.69, 9.17) is 4.74 Å². The Morgan fingerprint density at radius 1 is 1.36 bits per heavy atom. The Labute approximate surface area is 131 Å². The Morgan fingerprint density at radius 2 is 2.09 bits per heavy atom. The van der Waals surface area contributed by atoms with E-state index in [2.05, 4.69) is 5.32 Å². The van der Waals surface area contributed by atoms with Crippen molar-refractivity contribution < 1.29 is 17.9 Å². The molecule has 1 amide bonds. The van der Waals surface area contributed by atoms with Crippen LogP contribution in [-0.2, 0) is 26.1 Å². The summed E-state index contributed by atoms with van der Waals surface area (Å²) in [7, 11) is -1.99. The molecule has 0 bridgehead atoms. The number of rotatable bonds is 7. The van der Waals surface area contributed by atoms with E-state index in [0.717, 1.165) is 5.56 Å². The smallest absolute Gasteiger partial charge is 0.238 e. The molecule has 22 heavy (non-hydrogen) atoms. The lowest BCUT2D eigenvalue weighted by Crippen LogP contribution is -2.46. The molecular weight excluding hydrogens is 304 g/mol. The van der Waals surface area contributed by atoms with Crippen molar-refractivity contribution in [3.8, 4) is 0 Å². The van der Waals surface area contributed by atoms with E-state index >= 15 is 0 Å². The van der Waals surface area contributed by atoms with Gasteiger partial charge < -0.3 is 10.1 Å². The number of benzene rings is 1. The normalized spacial score (nSPS) is 19.2. The van der Waals surface area contributed by atoms with Crippen LogP contribution in [0, 0.1) is 0 Å². The third-order valence-corrected chi connectivity index (χ3v) is 5.55. The second-order valence-corrected chi connectivity index (χ2v) is 7.32. The van der Waals surface area contributed by atoms with Crippen molar-refractivity contribution in [3.63, 3.8) is 0 Å². The minimum absolute atomic E-state index is 0.0913. The summed E-state index contributed by atoms with van der Waals surface area (Å²) in [5, 5.41) is 2.82. The van der Waals surface area contributed by atoms with Crippen molar-refractivity contribution >= 4 is 15.9 Å². The van der Waals surface area contributed by atoms with Crippen molar-refractivity contribution in [1.82, 2.24) is 9.62 Å². The maximum Gasteiger partial charge on any atom is 0.238 e. The number of methoxy groups -OCH3 is 1. The summed E-state index contributed by atoms with van der Waals surface area (Å²) >= 11 is 0. The number of sulfonamides is 1. The van der Waals surface area contributed by atoms with E-state index in [-0.39, 0.29) is 18.3 Å². The van der Waals surface area contributed by atoms with Gasteiger partial charge in [0.05, 0.1) is 12.4 Å². The molecule has 0 spiro atoms. The molecule has 1 aromatic carbocycles. The van der Waals surface area contributed by atoms with Gasteiger partial charge in [-0.25, -0.2) is 8.42 Å². The summed E-state index contributed by atoms with van der Waals surface area (Å²) in [6, 6.07) is 8.94. The number of hydrogen-bond acceptors (Lipinski definition) is 4. The molecule has 0 radical (unpaired) electrons. The molecule has 0 aromatic heterocycles. The fraction of sp³-hybridized carbons (Fsp3) is 0.533. The lowest BCUT2D eigenvalue weighted by molar-refractivity contribution is -0.124. The summed E-state index contributed by atoms with van der Waals surface area (Å²) in [5.41, 5.74) is 0.989. The van der Waals surface area contributed by atoms with Gasteiger partial charge in [-0.1, -0.05) is 30.3 Å². The molecule has 6 nitrogen and oxygen atoms in total. The van der Waals surface area contributed by atoms with Crippen molar-refractivity contribution in [3.05, 3.63) is 35.9 Å². The average molecular weight is 326 g/mol. The van der Waals surface area contributed by atoms with Crippen molar-refractivity contribution in [1.29, 1.82) is 0 Å². The minimum atomic E-state index is -3.45. The van der Waals surface area contributed by atoms with Gasteiger partial charge in [0.2, 0.25) is 15.9 Å². The van der Waals surface area contributed by atoms with E-state index < -0.39 is 16.1 Å². The molecule has 7 heteroatoms. The van der Waals surface area contributed by atoms with Crippen LogP contribution in [0.2, 0.25) is 0 Å². The van der Waals surface area contributed by atoms with Gasteiger partial charge in [0.15, 0.2) is 0 Å². The van der Waals surface area contributed by atoms with E-state index in [1.165, 1.54) is 11.4 Å². The molecular formula is C15H22N2O4S. The van der Waals surface area contributed by atoms with Crippen molar-refractivity contribution in [2.24, 2.45) is 0 Å². The fourth-order valence-corrected chi connectivity index (χ4v) is 4.15. The van der Waals surface area contributed by atoms with E-state index in [9.17, 15) is 13.2 Å². The highest BCUT2D eigenvalue weighted by Crippen LogP contribution is 2.21. The molecule has 0 aliphatic carbocycles. The van der Waals surface area contributed by atoms with Gasteiger partial charge >= 0.3 is 0 Å². The molecule has 1 saturated heterocycles. The number of amides is 1. The standard InChI is InChI=1S/C15H22N2O4S/c1-21-10-11-22(19,20)17-9-5-8-14(17)15(18)16-12-13-6-3-2-4-7-13/h2-4,6-7,14H,5,8-12H2,1H3,(H,16,18)/t14-/m1/s1. The van der Waals surface area contributed by atoms with Gasteiger partial charge in [-0.15, -0.1) is 0 Å². The first-order valence-electron chi connectivity index (χ1n) is 7.34. The van der Waals surface area contributed by atoms with Crippen LogP contribution in [0.3, 0.4) is 0 Å². The number of carbonyl (C=O) groups is 1. The molecule has 1 heterocycles. The van der Waals surface area contributed by atoms with E-state index in [0.29, 0.717) is 25.9 Å². The summed E-state index contributed by atoms with van der Waals surface area (Å²) in [5.74, 6) is -0.325. The molecule has 122 valence electrons.